The van der Waals surface area contributed by atoms with Gasteiger partial charge in [-0.1, -0.05) is 61.3 Å². The van der Waals surface area contributed by atoms with Crippen LogP contribution >= 0.6 is 23.4 Å². The first-order valence-corrected chi connectivity index (χ1v) is 10.7. The Kier molecular flexibility index (Phi) is 5.64. The van der Waals surface area contributed by atoms with Gasteiger partial charge in [0, 0.05) is 18.5 Å². The maximum Gasteiger partial charge on any atom is 0.262 e. The third kappa shape index (κ3) is 3.64. The number of fused-ring (bicyclic) bond motifs is 3. The summed E-state index contributed by atoms with van der Waals surface area (Å²) in [5.41, 5.74) is 1.87. The van der Waals surface area contributed by atoms with Gasteiger partial charge in [0.2, 0.25) is 5.78 Å². The van der Waals surface area contributed by atoms with Crippen molar-refractivity contribution in [3.8, 4) is 0 Å². The Morgan fingerprint density at radius 1 is 1.11 bits per heavy atom. The van der Waals surface area contributed by atoms with Gasteiger partial charge < -0.3 is 0 Å². The second-order valence-electron chi connectivity index (χ2n) is 6.58. The minimum absolute atomic E-state index is 0.00921. The Morgan fingerprint density at radius 3 is 2.75 bits per heavy atom. The Balaban J connectivity index is 1.77. The second-order valence-corrected chi connectivity index (χ2v) is 7.91. The van der Waals surface area contributed by atoms with Crippen LogP contribution < -0.4 is 5.56 Å². The fraction of sp³-hybridized carbons (Fsp3) is 0.300. The van der Waals surface area contributed by atoms with Crippen molar-refractivity contribution in [1.82, 2.24) is 24.1 Å². The molecule has 8 heteroatoms. The Bertz CT molecular complexity index is 1170. The molecule has 28 heavy (non-hydrogen) atoms. The van der Waals surface area contributed by atoms with Gasteiger partial charge in [-0.2, -0.15) is 0 Å². The van der Waals surface area contributed by atoms with Gasteiger partial charge in [0.05, 0.1) is 10.9 Å². The van der Waals surface area contributed by atoms with Crippen molar-refractivity contribution in [3.05, 3.63) is 63.7 Å². The zero-order valence-electron chi connectivity index (χ0n) is 15.5. The molecule has 0 amide bonds. The first-order valence-electron chi connectivity index (χ1n) is 9.29. The number of benzene rings is 1. The van der Waals surface area contributed by atoms with E-state index >= 15 is 0 Å². The Morgan fingerprint density at radius 2 is 1.96 bits per heavy atom. The maximum atomic E-state index is 13.0. The van der Waals surface area contributed by atoms with Crippen molar-refractivity contribution in [2.45, 2.75) is 43.6 Å². The largest absolute Gasteiger partial charge is 0.276 e. The van der Waals surface area contributed by atoms with Crippen LogP contribution in [0, 0.1) is 0 Å². The fourth-order valence-electron chi connectivity index (χ4n) is 3.19. The Labute approximate surface area is 171 Å². The summed E-state index contributed by atoms with van der Waals surface area (Å²) < 4.78 is 3.73. The lowest BCUT2D eigenvalue weighted by Crippen LogP contribution is -2.23. The smallest absolute Gasteiger partial charge is 0.262 e. The molecular formula is C20H20ClN5OS. The van der Waals surface area contributed by atoms with Gasteiger partial charge in [-0.3, -0.25) is 13.8 Å². The zero-order chi connectivity index (χ0) is 19.5. The summed E-state index contributed by atoms with van der Waals surface area (Å²) in [7, 11) is 0. The summed E-state index contributed by atoms with van der Waals surface area (Å²) in [5, 5.41) is 10.6. The van der Waals surface area contributed by atoms with Gasteiger partial charge >= 0.3 is 0 Å². The number of para-hydroxylation sites is 1. The van der Waals surface area contributed by atoms with E-state index in [1.807, 2.05) is 34.7 Å². The molecule has 3 aromatic heterocycles. The summed E-state index contributed by atoms with van der Waals surface area (Å²) in [4.78, 5) is 17.1. The molecule has 0 unspecified atom stereocenters. The molecule has 144 valence electrons. The van der Waals surface area contributed by atoms with E-state index in [-0.39, 0.29) is 5.56 Å². The van der Waals surface area contributed by atoms with Crippen LogP contribution in [-0.4, -0.2) is 24.1 Å². The van der Waals surface area contributed by atoms with Gasteiger partial charge in [0.15, 0.2) is 5.16 Å². The first kappa shape index (κ1) is 19.0. The summed E-state index contributed by atoms with van der Waals surface area (Å²) in [6.07, 6.45) is 4.87. The number of nitrogens with zero attached hydrogens (tertiary/aromatic N) is 5. The molecule has 1 aromatic carbocycles. The van der Waals surface area contributed by atoms with Crippen molar-refractivity contribution >= 4 is 40.0 Å². The summed E-state index contributed by atoms with van der Waals surface area (Å²) >= 11 is 7.43. The standard InChI is InChI=1S/C20H20ClN5OS/c1-2-3-6-11-25-18(27)15-7-4-5-8-16(15)26-19(25)23-24-20(26)28-13-14-9-10-17(21)22-12-14/h4-5,7-10,12H,2-3,6,11,13H2,1H3. The summed E-state index contributed by atoms with van der Waals surface area (Å²) in [6.45, 7) is 2.79. The first-order chi connectivity index (χ1) is 13.7. The minimum atomic E-state index is -0.00921. The molecule has 0 aliphatic carbocycles. The summed E-state index contributed by atoms with van der Waals surface area (Å²) in [6, 6.07) is 11.4. The quantitative estimate of drug-likeness (QED) is 0.252. The maximum absolute atomic E-state index is 13.0. The van der Waals surface area contributed by atoms with Crippen molar-refractivity contribution < 1.29 is 0 Å². The van der Waals surface area contributed by atoms with Crippen LogP contribution in [0.4, 0.5) is 0 Å². The van der Waals surface area contributed by atoms with Crippen LogP contribution in [-0.2, 0) is 12.3 Å². The molecule has 0 bridgehead atoms. The zero-order valence-corrected chi connectivity index (χ0v) is 17.1. The minimum Gasteiger partial charge on any atom is -0.276 e. The highest BCUT2D eigenvalue weighted by atomic mass is 35.5. The van der Waals surface area contributed by atoms with Gasteiger partial charge in [-0.25, -0.2) is 4.98 Å². The number of rotatable bonds is 7. The van der Waals surface area contributed by atoms with E-state index in [2.05, 4.69) is 22.1 Å². The molecular weight excluding hydrogens is 394 g/mol. The third-order valence-electron chi connectivity index (χ3n) is 4.62. The van der Waals surface area contributed by atoms with Crippen LogP contribution in [0.15, 0.2) is 52.5 Å². The number of pyridine rings is 1. The van der Waals surface area contributed by atoms with Gasteiger partial charge in [-0.05, 0) is 30.2 Å². The molecule has 0 aliphatic rings. The van der Waals surface area contributed by atoms with Gasteiger partial charge in [0.25, 0.3) is 5.56 Å². The second kappa shape index (κ2) is 8.32. The van der Waals surface area contributed by atoms with Crippen molar-refractivity contribution in [2.75, 3.05) is 0 Å². The fourth-order valence-corrected chi connectivity index (χ4v) is 4.17. The predicted octanol–water partition coefficient (Wildman–Crippen LogP) is 4.58. The van der Waals surface area contributed by atoms with Crippen LogP contribution in [0.3, 0.4) is 0 Å². The van der Waals surface area contributed by atoms with Crippen molar-refractivity contribution in [1.29, 1.82) is 0 Å². The Hall–Kier alpha value is -2.38. The SMILES string of the molecule is CCCCCn1c(=O)c2ccccc2n2c(SCc3ccc(Cl)nc3)nnc12. The number of thioether (sulfide) groups is 1. The lowest BCUT2D eigenvalue weighted by atomic mass is 10.2. The van der Waals surface area contributed by atoms with E-state index in [0.717, 1.165) is 35.5 Å². The number of unbranched alkanes of at least 4 members (excludes halogenated alkanes) is 2. The van der Waals surface area contributed by atoms with E-state index in [9.17, 15) is 4.79 Å². The number of halogens is 1. The molecule has 3 heterocycles. The molecule has 0 aliphatic heterocycles. The monoisotopic (exact) mass is 413 g/mol. The highest BCUT2D eigenvalue weighted by Crippen LogP contribution is 2.25. The van der Waals surface area contributed by atoms with Gasteiger partial charge in [-0.15, -0.1) is 10.2 Å². The number of hydrogen-bond donors (Lipinski definition) is 0. The number of hydrogen-bond acceptors (Lipinski definition) is 5. The van der Waals surface area contributed by atoms with Crippen LogP contribution in [0.2, 0.25) is 5.15 Å². The molecule has 0 saturated carbocycles. The molecule has 0 fully saturated rings. The van der Waals surface area contributed by atoms with Gasteiger partial charge in [0.1, 0.15) is 5.15 Å². The third-order valence-corrected chi connectivity index (χ3v) is 5.84. The molecule has 4 rings (SSSR count). The van der Waals surface area contributed by atoms with E-state index in [4.69, 9.17) is 11.6 Å². The molecule has 0 N–H and O–H groups in total. The summed E-state index contributed by atoms with van der Waals surface area (Å²) in [5.74, 6) is 1.28. The molecule has 0 spiro atoms. The molecule has 0 saturated heterocycles. The molecule has 0 atom stereocenters. The van der Waals surface area contributed by atoms with Crippen LogP contribution in [0.5, 0.6) is 0 Å². The highest BCUT2D eigenvalue weighted by molar-refractivity contribution is 7.98. The van der Waals surface area contributed by atoms with Crippen molar-refractivity contribution in [3.63, 3.8) is 0 Å². The van der Waals surface area contributed by atoms with Crippen LogP contribution in [0.1, 0.15) is 31.7 Å². The molecule has 4 aromatic rings. The molecule has 0 radical (unpaired) electrons. The van der Waals surface area contributed by atoms with E-state index in [1.165, 1.54) is 0 Å². The number of aromatic nitrogens is 5. The number of aryl methyl sites for hydroxylation is 1. The van der Waals surface area contributed by atoms with E-state index < -0.39 is 0 Å². The van der Waals surface area contributed by atoms with E-state index in [1.54, 1.807) is 28.6 Å². The lowest BCUT2D eigenvalue weighted by molar-refractivity contribution is 0.594. The van der Waals surface area contributed by atoms with E-state index in [0.29, 0.717) is 28.6 Å². The highest BCUT2D eigenvalue weighted by Gasteiger charge is 2.16. The average Bonchev–Trinajstić information content (AvgIpc) is 3.14. The average molecular weight is 414 g/mol. The van der Waals surface area contributed by atoms with Crippen LogP contribution in [0.25, 0.3) is 16.7 Å². The predicted molar refractivity (Wildman–Crippen MR) is 113 cm³/mol. The molecule has 6 nitrogen and oxygen atoms in total. The lowest BCUT2D eigenvalue weighted by Gasteiger charge is -2.11. The normalized spacial score (nSPS) is 11.5. The topological polar surface area (TPSA) is 65.1 Å². The van der Waals surface area contributed by atoms with Crippen molar-refractivity contribution in [2.24, 2.45) is 0 Å².